The van der Waals surface area contributed by atoms with Gasteiger partial charge >= 0.3 is 11.8 Å². The molecule has 0 atom stereocenters. The summed E-state index contributed by atoms with van der Waals surface area (Å²) in [4.78, 5) is 23.9. The van der Waals surface area contributed by atoms with Crippen molar-refractivity contribution in [2.75, 3.05) is 13.1 Å². The Morgan fingerprint density at radius 3 is 2.33 bits per heavy atom. The average Bonchev–Trinajstić information content (AvgIpc) is 2.67. The predicted octanol–water partition coefficient (Wildman–Crippen LogP) is -0.503. The zero-order valence-corrected chi connectivity index (χ0v) is 6.88. The normalized spacial score (nSPS) is 21.5. The quantitative estimate of drug-likeness (QED) is 0.536. The Morgan fingerprint density at radius 2 is 1.92 bits per heavy atom. The van der Waals surface area contributed by atoms with Crippen LogP contribution in [0, 0.1) is 0 Å². The van der Waals surface area contributed by atoms with Crippen molar-refractivity contribution in [2.45, 2.75) is 25.3 Å². The van der Waals surface area contributed by atoms with Crippen LogP contribution in [0.3, 0.4) is 0 Å². The molecule has 2 amide bonds. The van der Waals surface area contributed by atoms with E-state index < -0.39 is 5.91 Å². The minimum Gasteiger partial charge on any atom is -0.345 e. The number of hydrogen-bond acceptors (Lipinski definition) is 2. The second-order valence-electron chi connectivity index (χ2n) is 3.39. The molecule has 1 heterocycles. The van der Waals surface area contributed by atoms with Crippen molar-refractivity contribution >= 4 is 11.8 Å². The highest BCUT2D eigenvalue weighted by atomic mass is 16.2. The molecular weight excluding hydrogens is 156 g/mol. The van der Waals surface area contributed by atoms with Crippen LogP contribution >= 0.6 is 0 Å². The second kappa shape index (κ2) is 2.77. The molecule has 0 aromatic heterocycles. The van der Waals surface area contributed by atoms with Crippen LogP contribution < -0.4 is 5.32 Å². The van der Waals surface area contributed by atoms with Crippen LogP contribution in [0.2, 0.25) is 0 Å². The number of nitrogens with zero attached hydrogens (tertiary/aromatic N) is 1. The maximum atomic E-state index is 11.2. The lowest BCUT2D eigenvalue weighted by molar-refractivity contribution is -0.148. The van der Waals surface area contributed by atoms with Crippen LogP contribution in [-0.4, -0.2) is 35.8 Å². The monoisotopic (exact) mass is 168 g/mol. The van der Waals surface area contributed by atoms with E-state index in [4.69, 9.17) is 0 Å². The van der Waals surface area contributed by atoms with Gasteiger partial charge in [-0.05, 0) is 19.3 Å². The molecule has 1 saturated heterocycles. The number of hydrogen-bond donors (Lipinski definition) is 1. The van der Waals surface area contributed by atoms with Crippen LogP contribution in [-0.2, 0) is 9.59 Å². The van der Waals surface area contributed by atoms with E-state index in [9.17, 15) is 9.59 Å². The van der Waals surface area contributed by atoms with Gasteiger partial charge in [0.05, 0.1) is 0 Å². The van der Waals surface area contributed by atoms with Gasteiger partial charge < -0.3 is 10.2 Å². The molecule has 1 saturated carbocycles. The van der Waals surface area contributed by atoms with E-state index in [1.165, 1.54) is 0 Å². The summed E-state index contributed by atoms with van der Waals surface area (Å²) in [6.07, 6.45) is 3.08. The lowest BCUT2D eigenvalue weighted by Gasteiger charge is -2.29. The molecular formula is C8H12N2O2. The molecule has 2 fully saturated rings. The minimum absolute atomic E-state index is 0.280. The lowest BCUT2D eigenvalue weighted by Crippen LogP contribution is -2.49. The highest BCUT2D eigenvalue weighted by Crippen LogP contribution is 2.18. The summed E-state index contributed by atoms with van der Waals surface area (Å²) in [5, 5.41) is 2.67. The highest BCUT2D eigenvalue weighted by Gasteiger charge is 2.30. The first-order valence-electron chi connectivity index (χ1n) is 4.37. The summed E-state index contributed by atoms with van der Waals surface area (Å²) in [5.74, 6) is -0.773. The van der Waals surface area contributed by atoms with Gasteiger partial charge in [0.25, 0.3) is 0 Å². The Hall–Kier alpha value is -1.06. The summed E-state index contributed by atoms with van der Waals surface area (Å²) < 4.78 is 0. The van der Waals surface area contributed by atoms with Crippen LogP contribution in [0.1, 0.15) is 19.3 Å². The smallest absolute Gasteiger partial charge is 0.311 e. The third kappa shape index (κ3) is 1.42. The zero-order valence-electron chi connectivity index (χ0n) is 6.88. The van der Waals surface area contributed by atoms with Crippen molar-refractivity contribution in [3.8, 4) is 0 Å². The third-order valence-corrected chi connectivity index (χ3v) is 2.25. The van der Waals surface area contributed by atoms with E-state index in [-0.39, 0.29) is 11.9 Å². The van der Waals surface area contributed by atoms with Crippen molar-refractivity contribution in [1.29, 1.82) is 0 Å². The largest absolute Gasteiger partial charge is 0.345 e. The third-order valence-electron chi connectivity index (χ3n) is 2.25. The number of carbonyl (C=O) groups is 2. The van der Waals surface area contributed by atoms with Gasteiger partial charge in [0.1, 0.15) is 0 Å². The van der Waals surface area contributed by atoms with Crippen LogP contribution in [0.25, 0.3) is 0 Å². The summed E-state index contributed by atoms with van der Waals surface area (Å²) >= 11 is 0. The van der Waals surface area contributed by atoms with Crippen molar-refractivity contribution in [3.05, 3.63) is 0 Å². The first-order valence-corrected chi connectivity index (χ1v) is 4.37. The molecule has 2 rings (SSSR count). The molecule has 0 radical (unpaired) electrons. The Balaban J connectivity index is 1.80. The first-order chi connectivity index (χ1) is 5.77. The number of amides is 2. The molecule has 12 heavy (non-hydrogen) atoms. The van der Waals surface area contributed by atoms with Crippen molar-refractivity contribution < 1.29 is 9.59 Å². The fourth-order valence-corrected chi connectivity index (χ4v) is 1.14. The molecule has 0 spiro atoms. The first kappa shape index (κ1) is 7.58. The van der Waals surface area contributed by atoms with Gasteiger partial charge in [0.15, 0.2) is 0 Å². The Bertz CT molecular complexity index is 219. The van der Waals surface area contributed by atoms with E-state index >= 15 is 0 Å². The van der Waals surface area contributed by atoms with Gasteiger partial charge in [-0.1, -0.05) is 0 Å². The lowest BCUT2D eigenvalue weighted by atomic mass is 10.2. The molecule has 0 aromatic rings. The molecule has 2 aliphatic rings. The van der Waals surface area contributed by atoms with E-state index in [0.717, 1.165) is 32.4 Å². The van der Waals surface area contributed by atoms with Crippen molar-refractivity contribution in [1.82, 2.24) is 10.2 Å². The van der Waals surface area contributed by atoms with E-state index in [0.29, 0.717) is 0 Å². The summed E-state index contributed by atoms with van der Waals surface area (Å²) in [6, 6.07) is 0.280. The van der Waals surface area contributed by atoms with Gasteiger partial charge in [-0.3, -0.25) is 9.59 Å². The Kier molecular flexibility index (Phi) is 1.75. The number of rotatable bonds is 1. The van der Waals surface area contributed by atoms with Gasteiger partial charge in [0.2, 0.25) is 0 Å². The zero-order chi connectivity index (χ0) is 8.55. The molecule has 0 unspecified atom stereocenters. The van der Waals surface area contributed by atoms with Gasteiger partial charge in [-0.2, -0.15) is 0 Å². The van der Waals surface area contributed by atoms with Gasteiger partial charge in [-0.25, -0.2) is 0 Å². The average molecular weight is 168 g/mol. The second-order valence-corrected chi connectivity index (χ2v) is 3.39. The van der Waals surface area contributed by atoms with Crippen LogP contribution in [0.4, 0.5) is 0 Å². The molecule has 0 bridgehead atoms. The maximum Gasteiger partial charge on any atom is 0.311 e. The molecule has 1 aliphatic carbocycles. The highest BCUT2D eigenvalue weighted by molar-refractivity contribution is 6.35. The molecule has 0 aromatic carbocycles. The van der Waals surface area contributed by atoms with E-state index in [1.54, 1.807) is 4.90 Å². The maximum absolute atomic E-state index is 11.2. The Labute approximate surface area is 70.9 Å². The molecule has 66 valence electrons. The van der Waals surface area contributed by atoms with Gasteiger partial charge in [-0.15, -0.1) is 0 Å². The van der Waals surface area contributed by atoms with Crippen molar-refractivity contribution in [3.63, 3.8) is 0 Å². The van der Waals surface area contributed by atoms with Crippen molar-refractivity contribution in [2.24, 2.45) is 0 Å². The number of nitrogens with one attached hydrogen (secondary N) is 1. The van der Waals surface area contributed by atoms with Gasteiger partial charge in [0, 0.05) is 19.1 Å². The van der Waals surface area contributed by atoms with E-state index in [1.807, 2.05) is 0 Å². The van der Waals surface area contributed by atoms with Crippen LogP contribution in [0.15, 0.2) is 0 Å². The summed E-state index contributed by atoms with van der Waals surface area (Å²) in [6.45, 7) is 1.49. The predicted molar refractivity (Wildman–Crippen MR) is 42.4 cm³/mol. The summed E-state index contributed by atoms with van der Waals surface area (Å²) in [5.41, 5.74) is 0. The standard InChI is InChI=1S/C8H12N2O2/c11-7(9-6-2-3-6)8(12)10-4-1-5-10/h6H,1-5H2,(H,9,11). The van der Waals surface area contributed by atoms with Crippen LogP contribution in [0.5, 0.6) is 0 Å². The SMILES string of the molecule is O=C(NC1CC1)C(=O)N1CCC1. The molecule has 4 heteroatoms. The Morgan fingerprint density at radius 1 is 1.25 bits per heavy atom. The fourth-order valence-electron chi connectivity index (χ4n) is 1.14. The topological polar surface area (TPSA) is 49.4 Å². The fraction of sp³-hybridized carbons (Fsp3) is 0.750. The number of likely N-dealkylation sites (tertiary alicyclic amines) is 1. The molecule has 4 nitrogen and oxygen atoms in total. The summed E-state index contributed by atoms with van der Waals surface area (Å²) in [7, 11) is 0. The van der Waals surface area contributed by atoms with E-state index in [2.05, 4.69) is 5.32 Å². The minimum atomic E-state index is -0.419. The molecule has 1 aliphatic heterocycles. The molecule has 1 N–H and O–H groups in total. The number of carbonyl (C=O) groups excluding carboxylic acids is 2.